The van der Waals surface area contributed by atoms with Crippen LogP contribution in [0.2, 0.25) is 0 Å². The predicted molar refractivity (Wildman–Crippen MR) is 64.5 cm³/mol. The molecule has 0 spiro atoms. The van der Waals surface area contributed by atoms with Crippen LogP contribution in [0.15, 0.2) is 24.3 Å². The average molecular weight is 260 g/mol. The van der Waals surface area contributed by atoms with E-state index in [0.29, 0.717) is 11.5 Å². The van der Waals surface area contributed by atoms with Crippen molar-refractivity contribution in [3.05, 3.63) is 24.3 Å². The smallest absolute Gasteiger partial charge is 0.493 e. The first-order valence-corrected chi connectivity index (χ1v) is 6.83. The van der Waals surface area contributed by atoms with Gasteiger partial charge in [0.05, 0.1) is 20.3 Å². The SMILES string of the molecule is CCOP(=O)(OCC)Oc1ccccc1OC. The van der Waals surface area contributed by atoms with Crippen LogP contribution in [0.3, 0.4) is 0 Å². The topological polar surface area (TPSA) is 54.0 Å². The van der Waals surface area contributed by atoms with Crippen LogP contribution in [0.4, 0.5) is 0 Å². The van der Waals surface area contributed by atoms with E-state index in [9.17, 15) is 4.57 Å². The third kappa shape index (κ3) is 4.04. The largest absolute Gasteiger partial charge is 0.530 e. The molecule has 96 valence electrons. The third-order valence-corrected chi connectivity index (χ3v) is 3.42. The average Bonchev–Trinajstić information content (AvgIpc) is 2.30. The molecule has 0 unspecified atom stereocenters. The van der Waals surface area contributed by atoms with Gasteiger partial charge in [0.25, 0.3) is 0 Å². The van der Waals surface area contributed by atoms with Crippen molar-refractivity contribution in [2.45, 2.75) is 13.8 Å². The molecule has 17 heavy (non-hydrogen) atoms. The number of ether oxygens (including phenoxy) is 1. The highest BCUT2D eigenvalue weighted by Crippen LogP contribution is 2.51. The van der Waals surface area contributed by atoms with Gasteiger partial charge < -0.3 is 9.26 Å². The van der Waals surface area contributed by atoms with E-state index < -0.39 is 7.82 Å². The van der Waals surface area contributed by atoms with Crippen molar-refractivity contribution in [2.24, 2.45) is 0 Å². The molecule has 0 aromatic heterocycles. The van der Waals surface area contributed by atoms with E-state index in [4.69, 9.17) is 18.3 Å². The highest BCUT2D eigenvalue weighted by molar-refractivity contribution is 7.48. The highest BCUT2D eigenvalue weighted by atomic mass is 31.2. The molecule has 0 radical (unpaired) electrons. The summed E-state index contributed by atoms with van der Waals surface area (Å²) in [4.78, 5) is 0. The Balaban J connectivity index is 2.89. The zero-order valence-electron chi connectivity index (χ0n) is 10.2. The van der Waals surface area contributed by atoms with E-state index in [1.54, 1.807) is 38.1 Å². The summed E-state index contributed by atoms with van der Waals surface area (Å²) in [6.45, 7) is 3.92. The zero-order chi connectivity index (χ0) is 12.7. The van der Waals surface area contributed by atoms with Crippen LogP contribution in [0.25, 0.3) is 0 Å². The number of rotatable bonds is 7. The molecule has 0 saturated carbocycles. The lowest BCUT2D eigenvalue weighted by atomic mass is 10.3. The lowest BCUT2D eigenvalue weighted by Crippen LogP contribution is -2.03. The Morgan fingerprint density at radius 1 is 1.06 bits per heavy atom. The summed E-state index contributed by atoms with van der Waals surface area (Å²) in [5, 5.41) is 0. The normalized spacial score (nSPS) is 11.2. The summed E-state index contributed by atoms with van der Waals surface area (Å²) in [6.07, 6.45) is 0. The Labute approximate surface area is 101 Å². The molecule has 0 N–H and O–H groups in total. The number of hydrogen-bond donors (Lipinski definition) is 0. The van der Waals surface area contributed by atoms with Gasteiger partial charge in [-0.2, -0.15) is 0 Å². The van der Waals surface area contributed by atoms with Crippen LogP contribution in [-0.2, 0) is 13.6 Å². The van der Waals surface area contributed by atoms with E-state index in [2.05, 4.69) is 0 Å². The van der Waals surface area contributed by atoms with Crippen molar-refractivity contribution >= 4 is 7.82 Å². The van der Waals surface area contributed by atoms with E-state index in [1.165, 1.54) is 7.11 Å². The fourth-order valence-corrected chi connectivity index (χ4v) is 2.43. The first-order chi connectivity index (χ1) is 8.15. The quantitative estimate of drug-likeness (QED) is 0.704. The first-order valence-electron chi connectivity index (χ1n) is 5.37. The molecule has 0 saturated heterocycles. The zero-order valence-corrected chi connectivity index (χ0v) is 11.1. The van der Waals surface area contributed by atoms with Crippen molar-refractivity contribution in [2.75, 3.05) is 20.3 Å². The summed E-state index contributed by atoms with van der Waals surface area (Å²) in [6, 6.07) is 6.89. The molecule has 1 aromatic rings. The van der Waals surface area contributed by atoms with Gasteiger partial charge in [0.1, 0.15) is 0 Å². The van der Waals surface area contributed by atoms with Crippen molar-refractivity contribution in [1.82, 2.24) is 0 Å². The Hall–Kier alpha value is -1.03. The minimum atomic E-state index is -3.56. The molecule has 1 rings (SSSR count). The molecule has 0 aliphatic carbocycles. The number of benzene rings is 1. The van der Waals surface area contributed by atoms with Crippen molar-refractivity contribution in [3.8, 4) is 11.5 Å². The minimum absolute atomic E-state index is 0.242. The summed E-state index contributed by atoms with van der Waals surface area (Å²) < 4.78 is 32.6. The molecule has 0 aliphatic heterocycles. The molecule has 0 heterocycles. The maximum atomic E-state index is 12.1. The second-order valence-corrected chi connectivity index (χ2v) is 4.62. The standard InChI is InChI=1S/C11H17O5P/c1-4-14-17(12,15-5-2)16-11-9-7-6-8-10(11)13-3/h6-9H,4-5H2,1-3H3. The van der Waals surface area contributed by atoms with Crippen LogP contribution < -0.4 is 9.26 Å². The van der Waals surface area contributed by atoms with Crippen LogP contribution >= 0.6 is 7.82 Å². The van der Waals surface area contributed by atoms with Crippen LogP contribution in [-0.4, -0.2) is 20.3 Å². The minimum Gasteiger partial charge on any atom is -0.493 e. The van der Waals surface area contributed by atoms with Crippen molar-refractivity contribution in [1.29, 1.82) is 0 Å². The van der Waals surface area contributed by atoms with E-state index in [0.717, 1.165) is 0 Å². The Bertz CT molecular complexity index is 383. The first kappa shape index (κ1) is 14.0. The van der Waals surface area contributed by atoms with Gasteiger partial charge in [0.15, 0.2) is 11.5 Å². The third-order valence-electron chi connectivity index (χ3n) is 1.85. The lowest BCUT2D eigenvalue weighted by molar-refractivity contribution is 0.166. The molecular weight excluding hydrogens is 243 g/mol. The molecule has 0 atom stereocenters. The predicted octanol–water partition coefficient (Wildman–Crippen LogP) is 3.26. The van der Waals surface area contributed by atoms with Gasteiger partial charge in [-0.3, -0.25) is 9.05 Å². The van der Waals surface area contributed by atoms with Crippen molar-refractivity contribution < 1.29 is 22.9 Å². The number of phosphoric acid groups is 1. The van der Waals surface area contributed by atoms with E-state index >= 15 is 0 Å². The number of para-hydroxylation sites is 2. The summed E-state index contributed by atoms with van der Waals surface area (Å²) in [7, 11) is -2.05. The molecule has 0 amide bonds. The fraction of sp³-hybridized carbons (Fsp3) is 0.455. The lowest BCUT2D eigenvalue weighted by Gasteiger charge is -2.18. The molecule has 1 aromatic carbocycles. The second kappa shape index (κ2) is 6.64. The molecule has 0 bridgehead atoms. The number of methoxy groups -OCH3 is 1. The molecule has 0 aliphatic rings. The monoisotopic (exact) mass is 260 g/mol. The van der Waals surface area contributed by atoms with Gasteiger partial charge in [-0.05, 0) is 26.0 Å². The molecule has 0 fully saturated rings. The highest BCUT2D eigenvalue weighted by Gasteiger charge is 2.28. The van der Waals surface area contributed by atoms with Crippen LogP contribution in [0.5, 0.6) is 11.5 Å². The van der Waals surface area contributed by atoms with Crippen LogP contribution in [0, 0.1) is 0 Å². The molecule has 6 heteroatoms. The van der Waals surface area contributed by atoms with Gasteiger partial charge in [-0.25, -0.2) is 4.57 Å². The van der Waals surface area contributed by atoms with Gasteiger partial charge in [-0.1, -0.05) is 12.1 Å². The van der Waals surface area contributed by atoms with Crippen molar-refractivity contribution in [3.63, 3.8) is 0 Å². The van der Waals surface area contributed by atoms with Crippen LogP contribution in [0.1, 0.15) is 13.8 Å². The second-order valence-electron chi connectivity index (χ2n) is 3.02. The van der Waals surface area contributed by atoms with Gasteiger partial charge in [-0.15, -0.1) is 0 Å². The maximum absolute atomic E-state index is 12.1. The number of phosphoric ester groups is 1. The Kier molecular flexibility index (Phi) is 5.48. The summed E-state index contributed by atoms with van der Waals surface area (Å²) in [5.74, 6) is 0.812. The summed E-state index contributed by atoms with van der Waals surface area (Å²) >= 11 is 0. The maximum Gasteiger partial charge on any atom is 0.530 e. The Morgan fingerprint density at radius 2 is 1.59 bits per heavy atom. The Morgan fingerprint density at radius 3 is 2.06 bits per heavy atom. The fourth-order valence-electron chi connectivity index (χ4n) is 1.22. The van der Waals surface area contributed by atoms with E-state index in [-0.39, 0.29) is 13.2 Å². The van der Waals surface area contributed by atoms with E-state index in [1.807, 2.05) is 0 Å². The molecule has 5 nitrogen and oxygen atoms in total. The van der Waals surface area contributed by atoms with Gasteiger partial charge in [0.2, 0.25) is 0 Å². The number of hydrogen-bond acceptors (Lipinski definition) is 5. The van der Waals surface area contributed by atoms with Gasteiger partial charge in [0, 0.05) is 0 Å². The summed E-state index contributed by atoms with van der Waals surface area (Å²) in [5.41, 5.74) is 0. The molecular formula is C11H17O5P. The van der Waals surface area contributed by atoms with Gasteiger partial charge >= 0.3 is 7.82 Å².